The average molecular weight is 396 g/mol. The summed E-state index contributed by atoms with van der Waals surface area (Å²) < 4.78 is 5.87. The normalized spacial score (nSPS) is 23.0. The second-order valence-electron chi connectivity index (χ2n) is 8.95. The predicted molar refractivity (Wildman–Crippen MR) is 119 cm³/mol. The summed E-state index contributed by atoms with van der Waals surface area (Å²) in [4.78, 5) is 9.71. The number of piperidine rings is 2. The van der Waals surface area contributed by atoms with Crippen molar-refractivity contribution in [3.05, 3.63) is 0 Å². The zero-order chi connectivity index (χ0) is 20.4. The van der Waals surface area contributed by atoms with Gasteiger partial charge in [0.15, 0.2) is 5.96 Å². The quantitative estimate of drug-likeness (QED) is 0.464. The van der Waals surface area contributed by atoms with E-state index >= 15 is 0 Å². The zero-order valence-corrected chi connectivity index (χ0v) is 19.1. The maximum atomic E-state index is 5.87. The molecule has 2 aliphatic rings. The third-order valence-electron chi connectivity index (χ3n) is 6.60. The number of ether oxygens (including phenoxy) is 1. The number of nitrogens with one attached hydrogen (secondary N) is 2. The van der Waals surface area contributed by atoms with Gasteiger partial charge in [-0.05, 0) is 78.2 Å². The summed E-state index contributed by atoms with van der Waals surface area (Å²) >= 11 is 0. The Morgan fingerprint density at radius 3 is 2.32 bits per heavy atom. The molecular weight excluding hydrogens is 350 g/mol. The van der Waals surface area contributed by atoms with E-state index in [1.807, 2.05) is 7.05 Å². The van der Waals surface area contributed by atoms with Gasteiger partial charge in [0, 0.05) is 32.3 Å². The van der Waals surface area contributed by atoms with Crippen LogP contribution in [0.15, 0.2) is 4.99 Å². The van der Waals surface area contributed by atoms with Gasteiger partial charge in [-0.3, -0.25) is 9.89 Å². The molecule has 0 radical (unpaired) electrons. The lowest BCUT2D eigenvalue weighted by Crippen LogP contribution is -2.62. The van der Waals surface area contributed by atoms with E-state index in [-0.39, 0.29) is 5.54 Å². The molecule has 0 aromatic carbocycles. The molecule has 0 aliphatic carbocycles. The number of hydrogen-bond acceptors (Lipinski definition) is 4. The molecule has 28 heavy (non-hydrogen) atoms. The van der Waals surface area contributed by atoms with Crippen molar-refractivity contribution in [2.75, 3.05) is 60.0 Å². The summed E-state index contributed by atoms with van der Waals surface area (Å²) in [6.45, 7) is 14.1. The molecule has 2 aliphatic heterocycles. The maximum Gasteiger partial charge on any atom is 0.191 e. The molecular formula is C22H45N5O. The molecule has 0 spiro atoms. The van der Waals surface area contributed by atoms with Gasteiger partial charge in [-0.15, -0.1) is 0 Å². The molecule has 0 aromatic rings. The van der Waals surface area contributed by atoms with Gasteiger partial charge in [0.2, 0.25) is 0 Å². The van der Waals surface area contributed by atoms with Crippen LogP contribution in [-0.4, -0.2) is 87.4 Å². The SMILES string of the molecule is CCOC(CCNC(=NC)NCC1(N2CCCCC2)CCN(C)CC1)C(C)C. The fourth-order valence-corrected chi connectivity index (χ4v) is 4.63. The van der Waals surface area contributed by atoms with Crippen molar-refractivity contribution >= 4 is 5.96 Å². The molecule has 164 valence electrons. The fourth-order valence-electron chi connectivity index (χ4n) is 4.63. The van der Waals surface area contributed by atoms with Crippen LogP contribution in [0.1, 0.15) is 59.3 Å². The molecule has 1 atom stereocenters. The Balaban J connectivity index is 1.87. The molecule has 2 N–H and O–H groups in total. The lowest BCUT2D eigenvalue weighted by molar-refractivity contribution is 0.0171. The lowest BCUT2D eigenvalue weighted by atomic mass is 9.84. The average Bonchev–Trinajstić information content (AvgIpc) is 2.71. The number of nitrogens with zero attached hydrogens (tertiary/aromatic N) is 3. The number of hydrogen-bond donors (Lipinski definition) is 2. The van der Waals surface area contributed by atoms with Crippen LogP contribution >= 0.6 is 0 Å². The second kappa shape index (κ2) is 12.0. The van der Waals surface area contributed by atoms with Crippen LogP contribution in [0.4, 0.5) is 0 Å². The molecule has 1 unspecified atom stereocenters. The van der Waals surface area contributed by atoms with Crippen LogP contribution in [0.25, 0.3) is 0 Å². The topological polar surface area (TPSA) is 52.1 Å². The van der Waals surface area contributed by atoms with E-state index in [0.717, 1.165) is 32.1 Å². The number of rotatable bonds is 9. The van der Waals surface area contributed by atoms with Crippen LogP contribution in [0.3, 0.4) is 0 Å². The summed E-state index contributed by atoms with van der Waals surface area (Å²) in [5, 5.41) is 7.18. The van der Waals surface area contributed by atoms with E-state index < -0.39 is 0 Å². The van der Waals surface area contributed by atoms with Crippen LogP contribution in [0.2, 0.25) is 0 Å². The molecule has 6 nitrogen and oxygen atoms in total. The van der Waals surface area contributed by atoms with Crippen LogP contribution in [0.5, 0.6) is 0 Å². The third-order valence-corrected chi connectivity index (χ3v) is 6.60. The van der Waals surface area contributed by atoms with Gasteiger partial charge < -0.3 is 20.3 Å². The first-order valence-electron chi connectivity index (χ1n) is 11.5. The van der Waals surface area contributed by atoms with Crippen molar-refractivity contribution < 1.29 is 4.74 Å². The van der Waals surface area contributed by atoms with Crippen molar-refractivity contribution in [1.82, 2.24) is 20.4 Å². The van der Waals surface area contributed by atoms with E-state index in [2.05, 4.69) is 53.2 Å². The summed E-state index contributed by atoms with van der Waals surface area (Å²) in [6, 6.07) is 0. The molecule has 0 amide bonds. The van der Waals surface area contributed by atoms with Gasteiger partial charge in [0.25, 0.3) is 0 Å². The molecule has 2 heterocycles. The summed E-state index contributed by atoms with van der Waals surface area (Å²) in [7, 11) is 4.12. The van der Waals surface area contributed by atoms with Gasteiger partial charge in [-0.2, -0.15) is 0 Å². The first kappa shape index (κ1) is 23.4. The van der Waals surface area contributed by atoms with E-state index in [9.17, 15) is 0 Å². The van der Waals surface area contributed by atoms with Crippen LogP contribution in [-0.2, 0) is 4.74 Å². The first-order chi connectivity index (χ1) is 13.5. The standard InChI is InChI=1S/C22H45N5O/c1-6-28-20(19(2)3)10-13-24-21(23-4)25-18-22(11-16-26(5)17-12-22)27-14-8-7-9-15-27/h19-20H,6-18H2,1-5H3,(H2,23,24,25). The number of guanidine groups is 1. The maximum absolute atomic E-state index is 5.87. The molecule has 0 aromatic heterocycles. The van der Waals surface area contributed by atoms with E-state index in [0.29, 0.717) is 12.0 Å². The Hall–Kier alpha value is -0.850. The van der Waals surface area contributed by atoms with Gasteiger partial charge in [-0.25, -0.2) is 0 Å². The Kier molecular flexibility index (Phi) is 10.0. The summed E-state index contributed by atoms with van der Waals surface area (Å²) in [6.07, 6.45) is 7.88. The van der Waals surface area contributed by atoms with E-state index in [1.165, 1.54) is 58.3 Å². The predicted octanol–water partition coefficient (Wildman–Crippen LogP) is 2.55. The van der Waals surface area contributed by atoms with Crippen molar-refractivity contribution in [3.63, 3.8) is 0 Å². The highest BCUT2D eigenvalue weighted by atomic mass is 16.5. The summed E-state index contributed by atoms with van der Waals surface area (Å²) in [5.41, 5.74) is 0.274. The monoisotopic (exact) mass is 395 g/mol. The highest BCUT2D eigenvalue weighted by Crippen LogP contribution is 2.30. The Morgan fingerprint density at radius 1 is 1.07 bits per heavy atom. The minimum absolute atomic E-state index is 0.274. The zero-order valence-electron chi connectivity index (χ0n) is 19.1. The fraction of sp³-hybridized carbons (Fsp3) is 0.955. The lowest BCUT2D eigenvalue weighted by Gasteiger charge is -2.50. The van der Waals surface area contributed by atoms with E-state index in [4.69, 9.17) is 4.74 Å². The van der Waals surface area contributed by atoms with Gasteiger partial charge >= 0.3 is 0 Å². The van der Waals surface area contributed by atoms with Gasteiger partial charge in [-0.1, -0.05) is 20.3 Å². The first-order valence-corrected chi connectivity index (χ1v) is 11.5. The molecule has 6 heteroatoms. The smallest absolute Gasteiger partial charge is 0.191 e. The minimum Gasteiger partial charge on any atom is -0.378 e. The molecule has 0 saturated carbocycles. The molecule has 2 rings (SSSR count). The van der Waals surface area contributed by atoms with Gasteiger partial charge in [0.1, 0.15) is 0 Å². The molecule has 2 fully saturated rings. The highest BCUT2D eigenvalue weighted by Gasteiger charge is 2.39. The third kappa shape index (κ3) is 6.89. The number of likely N-dealkylation sites (tertiary alicyclic amines) is 2. The van der Waals surface area contributed by atoms with Crippen molar-refractivity contribution in [3.8, 4) is 0 Å². The van der Waals surface area contributed by atoms with Crippen molar-refractivity contribution in [1.29, 1.82) is 0 Å². The number of aliphatic imine (C=N–C) groups is 1. The molecule has 0 bridgehead atoms. The van der Waals surface area contributed by atoms with Crippen LogP contribution < -0.4 is 10.6 Å². The Morgan fingerprint density at radius 2 is 1.75 bits per heavy atom. The largest absolute Gasteiger partial charge is 0.378 e. The second-order valence-corrected chi connectivity index (χ2v) is 8.95. The van der Waals surface area contributed by atoms with E-state index in [1.54, 1.807) is 0 Å². The van der Waals surface area contributed by atoms with Crippen LogP contribution in [0, 0.1) is 5.92 Å². The Bertz CT molecular complexity index is 454. The summed E-state index contributed by atoms with van der Waals surface area (Å²) in [5.74, 6) is 1.47. The highest BCUT2D eigenvalue weighted by molar-refractivity contribution is 5.79. The van der Waals surface area contributed by atoms with Crippen molar-refractivity contribution in [2.24, 2.45) is 10.9 Å². The van der Waals surface area contributed by atoms with Gasteiger partial charge in [0.05, 0.1) is 6.10 Å². The minimum atomic E-state index is 0.274. The van der Waals surface area contributed by atoms with Crippen molar-refractivity contribution in [2.45, 2.75) is 70.9 Å². The Labute approximate surface area is 173 Å². The molecule has 2 saturated heterocycles.